The van der Waals surface area contributed by atoms with Crippen LogP contribution >= 0.6 is 0 Å². The van der Waals surface area contributed by atoms with Gasteiger partial charge in [0.05, 0.1) is 17.7 Å². The summed E-state index contributed by atoms with van der Waals surface area (Å²) < 4.78 is 45.7. The minimum absolute atomic E-state index is 0.0125. The lowest BCUT2D eigenvalue weighted by atomic mass is 10.1. The van der Waals surface area contributed by atoms with E-state index in [4.69, 9.17) is 4.74 Å². The monoisotopic (exact) mass is 337 g/mol. The third-order valence-electron chi connectivity index (χ3n) is 3.62. The summed E-state index contributed by atoms with van der Waals surface area (Å²) in [4.78, 5) is -0.0994. The Morgan fingerprint density at radius 3 is 2.35 bits per heavy atom. The van der Waals surface area contributed by atoms with Crippen LogP contribution in [0, 0.1) is 19.7 Å². The van der Waals surface area contributed by atoms with Crippen molar-refractivity contribution in [2.75, 3.05) is 18.0 Å². The molecule has 0 amide bonds. The number of ether oxygens (including phenoxy) is 1. The lowest BCUT2D eigenvalue weighted by Crippen LogP contribution is -2.31. The number of aryl methyl sites for hydroxylation is 2. The van der Waals surface area contributed by atoms with E-state index in [1.807, 2.05) is 26.0 Å². The Bertz CT molecular complexity index is 819. The second-order valence-corrected chi connectivity index (χ2v) is 7.12. The van der Waals surface area contributed by atoms with E-state index in [-0.39, 0.29) is 17.2 Å². The maximum Gasteiger partial charge on any atom is 0.264 e. The van der Waals surface area contributed by atoms with Gasteiger partial charge >= 0.3 is 0 Å². The fourth-order valence-corrected chi connectivity index (χ4v) is 4.04. The van der Waals surface area contributed by atoms with Crippen molar-refractivity contribution in [2.45, 2.75) is 25.7 Å². The number of nitrogens with zero attached hydrogens (tertiary/aromatic N) is 1. The van der Waals surface area contributed by atoms with Gasteiger partial charge < -0.3 is 4.74 Å². The number of anilines is 1. The van der Waals surface area contributed by atoms with Gasteiger partial charge in [0.2, 0.25) is 0 Å². The predicted octanol–water partition coefficient (Wildman–Crippen LogP) is 3.67. The molecule has 0 unspecified atom stereocenters. The van der Waals surface area contributed by atoms with Gasteiger partial charge in [-0.3, -0.25) is 4.31 Å². The average molecular weight is 337 g/mol. The summed E-state index contributed by atoms with van der Waals surface area (Å²) >= 11 is 0. The van der Waals surface area contributed by atoms with E-state index in [2.05, 4.69) is 0 Å². The lowest BCUT2D eigenvalue weighted by molar-refractivity contribution is 0.385. The molecule has 0 saturated heterocycles. The summed E-state index contributed by atoms with van der Waals surface area (Å²) in [6, 6.07) is 9.20. The first-order chi connectivity index (χ1) is 10.8. The van der Waals surface area contributed by atoms with E-state index in [1.165, 1.54) is 23.5 Å². The summed E-state index contributed by atoms with van der Waals surface area (Å²) in [7, 11) is -2.52. The van der Waals surface area contributed by atoms with E-state index in [9.17, 15) is 12.8 Å². The summed E-state index contributed by atoms with van der Waals surface area (Å²) in [6.45, 7) is 5.80. The maximum absolute atomic E-state index is 13.9. The molecule has 0 atom stereocenters. The molecule has 0 N–H and O–H groups in total. The molecular formula is C17H20FNO3S. The standard InChI is InChI=1S/C17H20FNO3S/c1-5-19(16-8-6-12(2)10-13(16)3)23(20,21)14-7-9-17(22-4)15(18)11-14/h6-11H,5H2,1-4H3. The molecule has 4 nitrogen and oxygen atoms in total. The second-order valence-electron chi connectivity index (χ2n) is 5.26. The van der Waals surface area contributed by atoms with Gasteiger partial charge in [0.1, 0.15) is 0 Å². The lowest BCUT2D eigenvalue weighted by Gasteiger charge is -2.25. The summed E-state index contributed by atoms with van der Waals surface area (Å²) in [5.41, 5.74) is 2.49. The smallest absolute Gasteiger partial charge is 0.264 e. The normalized spacial score (nSPS) is 11.3. The van der Waals surface area contributed by atoms with Crippen LogP contribution in [-0.4, -0.2) is 22.1 Å². The first-order valence-corrected chi connectivity index (χ1v) is 8.68. The zero-order chi connectivity index (χ0) is 17.2. The van der Waals surface area contributed by atoms with Crippen molar-refractivity contribution in [3.05, 3.63) is 53.3 Å². The van der Waals surface area contributed by atoms with Crippen molar-refractivity contribution >= 4 is 15.7 Å². The number of hydrogen-bond donors (Lipinski definition) is 0. The van der Waals surface area contributed by atoms with Crippen LogP contribution < -0.4 is 9.04 Å². The van der Waals surface area contributed by atoms with E-state index >= 15 is 0 Å². The Labute approximate surface area is 136 Å². The molecule has 0 saturated carbocycles. The topological polar surface area (TPSA) is 46.6 Å². The van der Waals surface area contributed by atoms with Crippen LogP contribution in [0.1, 0.15) is 18.1 Å². The van der Waals surface area contributed by atoms with Crippen LogP contribution in [0.15, 0.2) is 41.3 Å². The van der Waals surface area contributed by atoms with E-state index in [1.54, 1.807) is 13.0 Å². The molecule has 0 aromatic heterocycles. The second kappa shape index (κ2) is 6.58. The molecule has 0 radical (unpaired) electrons. The Hall–Kier alpha value is -2.08. The molecular weight excluding hydrogens is 317 g/mol. The fourth-order valence-electron chi connectivity index (χ4n) is 2.49. The quantitative estimate of drug-likeness (QED) is 0.836. The molecule has 0 aliphatic heterocycles. The maximum atomic E-state index is 13.9. The van der Waals surface area contributed by atoms with Gasteiger partial charge in [-0.2, -0.15) is 0 Å². The number of benzene rings is 2. The highest BCUT2D eigenvalue weighted by Gasteiger charge is 2.25. The van der Waals surface area contributed by atoms with E-state index < -0.39 is 15.8 Å². The van der Waals surface area contributed by atoms with Crippen LogP contribution in [0.2, 0.25) is 0 Å². The van der Waals surface area contributed by atoms with E-state index in [0.29, 0.717) is 5.69 Å². The van der Waals surface area contributed by atoms with Crippen molar-refractivity contribution in [2.24, 2.45) is 0 Å². The van der Waals surface area contributed by atoms with Crippen molar-refractivity contribution in [1.29, 1.82) is 0 Å². The third-order valence-corrected chi connectivity index (χ3v) is 5.50. The molecule has 0 heterocycles. The molecule has 2 aromatic rings. The SMILES string of the molecule is CCN(c1ccc(C)cc1C)S(=O)(=O)c1ccc(OC)c(F)c1. The number of sulfonamides is 1. The molecule has 0 bridgehead atoms. The number of hydrogen-bond acceptors (Lipinski definition) is 3. The zero-order valence-electron chi connectivity index (χ0n) is 13.6. The van der Waals surface area contributed by atoms with Crippen molar-refractivity contribution in [3.8, 4) is 5.75 Å². The van der Waals surface area contributed by atoms with Crippen LogP contribution in [0.4, 0.5) is 10.1 Å². The molecule has 0 fully saturated rings. The van der Waals surface area contributed by atoms with Crippen LogP contribution in [0.25, 0.3) is 0 Å². The van der Waals surface area contributed by atoms with Gasteiger partial charge in [-0.05, 0) is 50.6 Å². The summed E-state index contributed by atoms with van der Waals surface area (Å²) in [6.07, 6.45) is 0. The van der Waals surface area contributed by atoms with Crippen LogP contribution in [-0.2, 0) is 10.0 Å². The highest BCUT2D eigenvalue weighted by Crippen LogP contribution is 2.29. The molecule has 6 heteroatoms. The van der Waals surface area contributed by atoms with Gasteiger partial charge in [0.15, 0.2) is 11.6 Å². The van der Waals surface area contributed by atoms with Crippen molar-refractivity contribution in [3.63, 3.8) is 0 Å². The first-order valence-electron chi connectivity index (χ1n) is 7.24. The molecule has 0 aliphatic rings. The molecule has 0 aliphatic carbocycles. The van der Waals surface area contributed by atoms with Gasteiger partial charge in [0.25, 0.3) is 10.0 Å². The van der Waals surface area contributed by atoms with Crippen LogP contribution in [0.3, 0.4) is 0 Å². The van der Waals surface area contributed by atoms with Crippen LogP contribution in [0.5, 0.6) is 5.75 Å². The summed E-state index contributed by atoms with van der Waals surface area (Å²) in [5, 5.41) is 0. The number of methoxy groups -OCH3 is 1. The Morgan fingerprint density at radius 2 is 1.83 bits per heavy atom. The van der Waals surface area contributed by atoms with Gasteiger partial charge in [-0.1, -0.05) is 17.7 Å². The third kappa shape index (κ3) is 3.32. The molecule has 0 spiro atoms. The zero-order valence-corrected chi connectivity index (χ0v) is 14.4. The minimum Gasteiger partial charge on any atom is -0.494 e. The fraction of sp³-hybridized carbons (Fsp3) is 0.294. The van der Waals surface area contributed by atoms with Crippen molar-refractivity contribution < 1.29 is 17.5 Å². The summed E-state index contributed by atoms with van der Waals surface area (Å²) in [5.74, 6) is -0.691. The predicted molar refractivity (Wildman–Crippen MR) is 89.1 cm³/mol. The number of halogens is 1. The van der Waals surface area contributed by atoms with E-state index in [0.717, 1.165) is 17.2 Å². The van der Waals surface area contributed by atoms with Gasteiger partial charge in [-0.25, -0.2) is 12.8 Å². The Kier molecular flexibility index (Phi) is 4.94. The highest BCUT2D eigenvalue weighted by molar-refractivity contribution is 7.92. The minimum atomic E-state index is -3.85. The Morgan fingerprint density at radius 1 is 1.13 bits per heavy atom. The average Bonchev–Trinajstić information content (AvgIpc) is 2.49. The molecule has 2 rings (SSSR count). The highest BCUT2D eigenvalue weighted by atomic mass is 32.2. The first kappa shape index (κ1) is 17.3. The van der Waals surface area contributed by atoms with Crippen molar-refractivity contribution in [1.82, 2.24) is 0 Å². The van der Waals surface area contributed by atoms with Gasteiger partial charge in [-0.15, -0.1) is 0 Å². The molecule has 2 aromatic carbocycles. The number of rotatable bonds is 5. The molecule has 124 valence electrons. The molecule has 23 heavy (non-hydrogen) atoms. The largest absolute Gasteiger partial charge is 0.494 e. The Balaban J connectivity index is 2.53. The van der Waals surface area contributed by atoms with Gasteiger partial charge in [0, 0.05) is 6.54 Å².